The van der Waals surface area contributed by atoms with E-state index >= 15 is 0 Å². The Labute approximate surface area is 439 Å². The van der Waals surface area contributed by atoms with Crippen molar-refractivity contribution in [2.75, 3.05) is 13.2 Å². The van der Waals surface area contributed by atoms with E-state index in [-0.39, 0.29) is 25.2 Å². The van der Waals surface area contributed by atoms with Gasteiger partial charge in [0, 0.05) is 12.8 Å². The highest BCUT2D eigenvalue weighted by atomic mass is 16.6. The number of rotatable bonds is 61. The van der Waals surface area contributed by atoms with E-state index in [0.717, 1.165) is 32.1 Å². The number of aliphatic hydroxyl groups excluding tert-OH is 1. The summed E-state index contributed by atoms with van der Waals surface area (Å²) in [5.74, 6) is -0.564. The Kier molecular flexibility index (Phi) is 60.7. The normalized spacial score (nSPS) is 12.1. The number of carbonyl (C=O) groups excluding carboxylic acids is 2. The van der Waals surface area contributed by atoms with Crippen molar-refractivity contribution in [3.63, 3.8) is 0 Å². The van der Waals surface area contributed by atoms with Crippen molar-refractivity contribution in [2.24, 2.45) is 0 Å². The van der Waals surface area contributed by atoms with Crippen molar-refractivity contribution < 1.29 is 24.2 Å². The lowest BCUT2D eigenvalue weighted by Gasteiger charge is -2.15. The van der Waals surface area contributed by atoms with Crippen LogP contribution in [0.25, 0.3) is 0 Å². The molecule has 1 unspecified atom stereocenters. The van der Waals surface area contributed by atoms with Crippen LogP contribution in [0.2, 0.25) is 0 Å². The molecule has 0 aliphatic carbocycles. The maximum absolute atomic E-state index is 12.3. The molecule has 0 saturated carbocycles. The summed E-state index contributed by atoms with van der Waals surface area (Å²) >= 11 is 0. The summed E-state index contributed by atoms with van der Waals surface area (Å²) in [7, 11) is 0. The topological polar surface area (TPSA) is 72.8 Å². The number of aliphatic hydroxyl groups is 1. The minimum Gasteiger partial charge on any atom is -0.462 e. The number of allylic oxidation sites excluding steroid dienone is 2. The molecule has 1 N–H and O–H groups in total. The Bertz CT molecular complexity index is 1030. The largest absolute Gasteiger partial charge is 0.462 e. The third-order valence-electron chi connectivity index (χ3n) is 15.1. The predicted molar refractivity (Wildman–Crippen MR) is 307 cm³/mol. The zero-order valence-electron chi connectivity index (χ0n) is 47.8. The Balaban J connectivity index is 3.38. The zero-order valence-corrected chi connectivity index (χ0v) is 47.8. The molecule has 0 spiro atoms. The van der Waals surface area contributed by atoms with Crippen LogP contribution in [-0.2, 0) is 19.1 Å². The molecular weight excluding hydrogens is 861 g/mol. The number of esters is 2. The Morgan fingerprint density at radius 1 is 0.314 bits per heavy atom. The van der Waals surface area contributed by atoms with Crippen LogP contribution in [0, 0.1) is 0 Å². The van der Waals surface area contributed by atoms with Crippen molar-refractivity contribution in [1.29, 1.82) is 0 Å². The highest BCUT2D eigenvalue weighted by Gasteiger charge is 2.16. The van der Waals surface area contributed by atoms with Crippen molar-refractivity contribution in [3.05, 3.63) is 12.2 Å². The van der Waals surface area contributed by atoms with Gasteiger partial charge in [-0.15, -0.1) is 0 Å². The standard InChI is InChI=1S/C65H126O5/c1-3-5-7-9-11-13-15-17-19-21-23-25-27-29-31-32-34-35-37-39-41-43-45-47-49-51-53-55-57-59-64(67)69-62-63(61-66)70-65(68)60-58-56-54-52-50-48-46-44-42-40-38-36-33-30-28-26-24-22-20-18-16-14-12-10-8-6-4-2/h22,24,63,66H,3-21,23,25-62H2,1-2H3/b24-22-. The van der Waals surface area contributed by atoms with E-state index in [1.807, 2.05) is 0 Å². The molecule has 0 aromatic heterocycles. The zero-order chi connectivity index (χ0) is 50.6. The molecule has 0 heterocycles. The van der Waals surface area contributed by atoms with E-state index in [1.54, 1.807) is 0 Å². The fourth-order valence-corrected chi connectivity index (χ4v) is 10.2. The molecule has 0 fully saturated rings. The molecule has 0 aliphatic heterocycles. The van der Waals surface area contributed by atoms with E-state index in [9.17, 15) is 14.7 Å². The van der Waals surface area contributed by atoms with Gasteiger partial charge in [-0.05, 0) is 38.5 Å². The number of carbonyl (C=O) groups is 2. The molecule has 0 amide bonds. The first-order valence-electron chi connectivity index (χ1n) is 32.2. The van der Waals surface area contributed by atoms with Gasteiger partial charge in [0.05, 0.1) is 6.61 Å². The molecule has 1 atom stereocenters. The quantitative estimate of drug-likeness (QED) is 0.0373. The van der Waals surface area contributed by atoms with Gasteiger partial charge in [0.2, 0.25) is 0 Å². The van der Waals surface area contributed by atoms with Crippen LogP contribution in [0.1, 0.15) is 373 Å². The predicted octanol–water partition coefficient (Wildman–Crippen LogP) is 21.9. The highest BCUT2D eigenvalue weighted by Crippen LogP contribution is 2.19. The summed E-state index contributed by atoms with van der Waals surface area (Å²) in [6, 6.07) is 0. The first-order valence-corrected chi connectivity index (χ1v) is 32.2. The molecule has 0 saturated heterocycles. The smallest absolute Gasteiger partial charge is 0.306 e. The number of unbranched alkanes of at least 4 members (excludes halogenated alkanes) is 51. The maximum atomic E-state index is 12.3. The van der Waals surface area contributed by atoms with Crippen molar-refractivity contribution >= 4 is 11.9 Å². The van der Waals surface area contributed by atoms with Crippen LogP contribution in [0.5, 0.6) is 0 Å². The van der Waals surface area contributed by atoms with E-state index < -0.39 is 6.10 Å². The molecule has 0 aliphatic rings. The van der Waals surface area contributed by atoms with Gasteiger partial charge in [-0.2, -0.15) is 0 Å². The van der Waals surface area contributed by atoms with E-state index in [0.29, 0.717) is 12.8 Å². The average Bonchev–Trinajstić information content (AvgIpc) is 3.36. The fraction of sp³-hybridized carbons (Fsp3) is 0.938. The van der Waals surface area contributed by atoms with Crippen LogP contribution in [-0.4, -0.2) is 36.4 Å². The molecule has 0 rings (SSSR count). The second-order valence-corrected chi connectivity index (χ2v) is 22.2. The highest BCUT2D eigenvalue weighted by molar-refractivity contribution is 5.70. The van der Waals surface area contributed by atoms with Gasteiger partial charge in [0.15, 0.2) is 6.10 Å². The summed E-state index contributed by atoms with van der Waals surface area (Å²) in [6.07, 6.45) is 78.0. The van der Waals surface area contributed by atoms with Crippen LogP contribution in [0.4, 0.5) is 0 Å². The van der Waals surface area contributed by atoms with Crippen LogP contribution in [0.15, 0.2) is 12.2 Å². The molecule has 416 valence electrons. The number of ether oxygens (including phenoxy) is 2. The Morgan fingerprint density at radius 3 is 0.771 bits per heavy atom. The second kappa shape index (κ2) is 61.9. The van der Waals surface area contributed by atoms with Gasteiger partial charge < -0.3 is 14.6 Å². The van der Waals surface area contributed by atoms with E-state index in [1.165, 1.54) is 315 Å². The van der Waals surface area contributed by atoms with Crippen LogP contribution >= 0.6 is 0 Å². The third-order valence-corrected chi connectivity index (χ3v) is 15.1. The molecule has 0 aromatic rings. The van der Waals surface area contributed by atoms with Gasteiger partial charge in [-0.1, -0.05) is 334 Å². The monoisotopic (exact) mass is 987 g/mol. The lowest BCUT2D eigenvalue weighted by atomic mass is 10.0. The summed E-state index contributed by atoms with van der Waals surface area (Å²) < 4.78 is 10.7. The number of hydrogen-bond acceptors (Lipinski definition) is 5. The fourth-order valence-electron chi connectivity index (χ4n) is 10.2. The summed E-state index contributed by atoms with van der Waals surface area (Å²) in [4.78, 5) is 24.6. The lowest BCUT2D eigenvalue weighted by molar-refractivity contribution is -0.161. The minimum absolute atomic E-state index is 0.0574. The Morgan fingerprint density at radius 2 is 0.529 bits per heavy atom. The second-order valence-electron chi connectivity index (χ2n) is 22.2. The lowest BCUT2D eigenvalue weighted by Crippen LogP contribution is -2.28. The van der Waals surface area contributed by atoms with E-state index in [2.05, 4.69) is 26.0 Å². The van der Waals surface area contributed by atoms with E-state index in [4.69, 9.17) is 9.47 Å². The first kappa shape index (κ1) is 68.6. The van der Waals surface area contributed by atoms with Crippen molar-refractivity contribution in [3.8, 4) is 0 Å². The maximum Gasteiger partial charge on any atom is 0.306 e. The molecule has 0 aromatic carbocycles. The molecule has 5 heteroatoms. The van der Waals surface area contributed by atoms with Crippen molar-refractivity contribution in [1.82, 2.24) is 0 Å². The molecule has 5 nitrogen and oxygen atoms in total. The van der Waals surface area contributed by atoms with Gasteiger partial charge in [0.1, 0.15) is 6.61 Å². The van der Waals surface area contributed by atoms with Crippen LogP contribution in [0.3, 0.4) is 0 Å². The Hall–Kier alpha value is -1.36. The third kappa shape index (κ3) is 59.2. The molecular formula is C65H126O5. The van der Waals surface area contributed by atoms with Crippen LogP contribution < -0.4 is 0 Å². The van der Waals surface area contributed by atoms with Gasteiger partial charge in [0.25, 0.3) is 0 Å². The first-order chi connectivity index (χ1) is 34.6. The summed E-state index contributed by atoms with van der Waals surface area (Å²) in [5, 5.41) is 9.68. The minimum atomic E-state index is -0.767. The summed E-state index contributed by atoms with van der Waals surface area (Å²) in [5.41, 5.74) is 0. The summed E-state index contributed by atoms with van der Waals surface area (Å²) in [6.45, 7) is 4.21. The van der Waals surface area contributed by atoms with Gasteiger partial charge >= 0.3 is 11.9 Å². The van der Waals surface area contributed by atoms with Gasteiger partial charge in [-0.25, -0.2) is 0 Å². The molecule has 0 bridgehead atoms. The molecule has 70 heavy (non-hydrogen) atoms. The molecule has 0 radical (unpaired) electrons. The SMILES string of the molecule is CCCCCCCCCC/C=C\CCCCCCCCCCCCCCCCCC(=O)OC(CO)COC(=O)CCCCCCCCCCCCCCCCCCCCCCCCCCCCCCC. The van der Waals surface area contributed by atoms with Gasteiger partial charge in [-0.3, -0.25) is 9.59 Å². The van der Waals surface area contributed by atoms with Crippen molar-refractivity contribution in [2.45, 2.75) is 380 Å². The average molecular weight is 988 g/mol. The number of hydrogen-bond donors (Lipinski definition) is 1.